The molecule has 0 aromatic carbocycles. The molecule has 0 aliphatic carbocycles. The molecule has 0 aromatic rings. The minimum absolute atomic E-state index is 0.185. The van der Waals surface area contributed by atoms with Crippen molar-refractivity contribution in [3.8, 4) is 0 Å². The number of aliphatic carboxylic acids is 1. The van der Waals surface area contributed by atoms with Gasteiger partial charge in [0, 0.05) is 0 Å². The van der Waals surface area contributed by atoms with Crippen LogP contribution in [0, 0.1) is 5.92 Å². The van der Waals surface area contributed by atoms with Gasteiger partial charge >= 0.3 is 5.97 Å². The van der Waals surface area contributed by atoms with E-state index in [0.29, 0.717) is 6.61 Å². The number of carbonyl (C=O) groups excluding carboxylic acids is 1. The van der Waals surface area contributed by atoms with Crippen molar-refractivity contribution < 1.29 is 19.4 Å². The van der Waals surface area contributed by atoms with Crippen LogP contribution in [-0.4, -0.2) is 23.5 Å². The number of ketones is 1. The molecule has 0 aliphatic heterocycles. The molecule has 0 aromatic heterocycles. The maximum absolute atomic E-state index is 10.8. The van der Waals surface area contributed by atoms with E-state index in [-0.39, 0.29) is 12.2 Å². The van der Waals surface area contributed by atoms with Gasteiger partial charge in [0.1, 0.15) is 11.7 Å². The smallest absolute Gasteiger partial charge is 0.314 e. The Morgan fingerprint density at radius 2 is 2.15 bits per heavy atom. The summed E-state index contributed by atoms with van der Waals surface area (Å²) in [5.41, 5.74) is 0. The molecule has 0 saturated heterocycles. The Labute approximate surface area is 77.2 Å². The van der Waals surface area contributed by atoms with Gasteiger partial charge in [0.2, 0.25) is 0 Å². The molecule has 0 saturated carbocycles. The van der Waals surface area contributed by atoms with Gasteiger partial charge < -0.3 is 9.84 Å². The van der Waals surface area contributed by atoms with Crippen molar-refractivity contribution in [2.24, 2.45) is 5.92 Å². The first-order valence-corrected chi connectivity index (χ1v) is 4.09. The summed E-state index contributed by atoms with van der Waals surface area (Å²) < 4.78 is 4.86. The fourth-order valence-electron chi connectivity index (χ4n) is 0.797. The normalized spacial score (nSPS) is 12.8. The predicted octanol–water partition coefficient (Wildman–Crippen LogP) is 1.22. The SMILES string of the molecule is CCO/C=C/CC(C(C)=O)C(=O)O. The van der Waals surface area contributed by atoms with E-state index < -0.39 is 11.9 Å². The first-order valence-electron chi connectivity index (χ1n) is 4.09. The molecule has 0 fully saturated rings. The zero-order valence-corrected chi connectivity index (χ0v) is 7.82. The van der Waals surface area contributed by atoms with Gasteiger partial charge in [0.25, 0.3) is 0 Å². The summed E-state index contributed by atoms with van der Waals surface area (Å²) in [5.74, 6) is -2.38. The third kappa shape index (κ3) is 5.00. The van der Waals surface area contributed by atoms with Crippen molar-refractivity contribution in [3.63, 3.8) is 0 Å². The lowest BCUT2D eigenvalue weighted by molar-refractivity contribution is -0.145. The van der Waals surface area contributed by atoms with Crippen LogP contribution in [-0.2, 0) is 14.3 Å². The highest BCUT2D eigenvalue weighted by molar-refractivity contribution is 5.96. The van der Waals surface area contributed by atoms with E-state index in [2.05, 4.69) is 0 Å². The van der Waals surface area contributed by atoms with Gasteiger partial charge in [0.05, 0.1) is 12.9 Å². The van der Waals surface area contributed by atoms with Crippen molar-refractivity contribution in [1.29, 1.82) is 0 Å². The Morgan fingerprint density at radius 3 is 2.54 bits per heavy atom. The molecule has 0 spiro atoms. The molecule has 4 heteroatoms. The molecule has 0 bridgehead atoms. The number of carbonyl (C=O) groups is 2. The first-order chi connectivity index (χ1) is 6.09. The molecule has 0 radical (unpaired) electrons. The fourth-order valence-corrected chi connectivity index (χ4v) is 0.797. The van der Waals surface area contributed by atoms with Crippen LogP contribution in [0.3, 0.4) is 0 Å². The molecule has 0 heterocycles. The van der Waals surface area contributed by atoms with Crippen LogP contribution in [0.1, 0.15) is 20.3 Å². The standard InChI is InChI=1S/C9H14O4/c1-3-13-6-4-5-8(7(2)10)9(11)12/h4,6,8H,3,5H2,1-2H3,(H,11,12)/b6-4+. The maximum atomic E-state index is 10.8. The van der Waals surface area contributed by atoms with Crippen LogP contribution in [0.2, 0.25) is 0 Å². The Hall–Kier alpha value is -1.32. The minimum atomic E-state index is -1.09. The molecule has 0 aliphatic rings. The number of carboxylic acid groups (broad SMARTS) is 1. The van der Waals surface area contributed by atoms with Gasteiger partial charge in [-0.3, -0.25) is 9.59 Å². The van der Waals surface area contributed by atoms with Gasteiger partial charge in [0.15, 0.2) is 0 Å². The summed E-state index contributed by atoms with van der Waals surface area (Å²) in [7, 11) is 0. The molecule has 4 nitrogen and oxygen atoms in total. The highest BCUT2D eigenvalue weighted by Crippen LogP contribution is 2.05. The van der Waals surface area contributed by atoms with Gasteiger partial charge in [-0.2, -0.15) is 0 Å². The zero-order chi connectivity index (χ0) is 10.3. The Balaban J connectivity index is 3.97. The average molecular weight is 186 g/mol. The molecular formula is C9H14O4. The quantitative estimate of drug-likeness (QED) is 0.500. The van der Waals surface area contributed by atoms with E-state index in [9.17, 15) is 9.59 Å². The van der Waals surface area contributed by atoms with E-state index in [1.807, 2.05) is 6.92 Å². The maximum Gasteiger partial charge on any atom is 0.314 e. The van der Waals surface area contributed by atoms with Crippen molar-refractivity contribution in [1.82, 2.24) is 0 Å². The molecular weight excluding hydrogens is 172 g/mol. The molecule has 13 heavy (non-hydrogen) atoms. The molecule has 0 amide bonds. The largest absolute Gasteiger partial charge is 0.502 e. The van der Waals surface area contributed by atoms with Crippen LogP contribution < -0.4 is 0 Å². The summed E-state index contributed by atoms with van der Waals surface area (Å²) in [6, 6.07) is 0. The van der Waals surface area contributed by atoms with Crippen LogP contribution in [0.4, 0.5) is 0 Å². The van der Waals surface area contributed by atoms with Crippen LogP contribution in [0.25, 0.3) is 0 Å². The molecule has 1 N–H and O–H groups in total. The second-order valence-corrected chi connectivity index (χ2v) is 2.56. The van der Waals surface area contributed by atoms with Crippen LogP contribution in [0.15, 0.2) is 12.3 Å². The number of rotatable bonds is 6. The number of allylic oxidation sites excluding steroid dienone is 1. The predicted molar refractivity (Wildman–Crippen MR) is 47.2 cm³/mol. The second-order valence-electron chi connectivity index (χ2n) is 2.56. The van der Waals surface area contributed by atoms with Gasteiger partial charge in [-0.1, -0.05) is 0 Å². The first kappa shape index (κ1) is 11.7. The van der Waals surface area contributed by atoms with Gasteiger partial charge in [-0.15, -0.1) is 0 Å². The van der Waals surface area contributed by atoms with Gasteiger partial charge in [-0.05, 0) is 26.3 Å². The summed E-state index contributed by atoms with van der Waals surface area (Å²) in [4.78, 5) is 21.3. The number of carboxylic acids is 1. The van der Waals surface area contributed by atoms with Crippen LogP contribution >= 0.6 is 0 Å². The lowest BCUT2D eigenvalue weighted by Crippen LogP contribution is -2.20. The lowest BCUT2D eigenvalue weighted by Gasteiger charge is -2.03. The summed E-state index contributed by atoms with van der Waals surface area (Å²) >= 11 is 0. The Bertz CT molecular complexity index is 194. The summed E-state index contributed by atoms with van der Waals surface area (Å²) in [5, 5.41) is 8.60. The van der Waals surface area contributed by atoms with E-state index in [4.69, 9.17) is 9.84 Å². The molecule has 74 valence electrons. The van der Waals surface area contributed by atoms with E-state index in [1.165, 1.54) is 13.2 Å². The van der Waals surface area contributed by atoms with Crippen molar-refractivity contribution in [3.05, 3.63) is 12.3 Å². The summed E-state index contributed by atoms with van der Waals surface area (Å²) in [6.45, 7) is 3.63. The minimum Gasteiger partial charge on any atom is -0.502 e. The van der Waals surface area contributed by atoms with E-state index >= 15 is 0 Å². The fraction of sp³-hybridized carbons (Fsp3) is 0.556. The molecule has 1 unspecified atom stereocenters. The van der Waals surface area contributed by atoms with Crippen LogP contribution in [0.5, 0.6) is 0 Å². The highest BCUT2D eigenvalue weighted by Gasteiger charge is 2.20. The van der Waals surface area contributed by atoms with E-state index in [0.717, 1.165) is 0 Å². The average Bonchev–Trinajstić information content (AvgIpc) is 2.02. The van der Waals surface area contributed by atoms with Crippen molar-refractivity contribution in [2.45, 2.75) is 20.3 Å². The monoisotopic (exact) mass is 186 g/mol. The van der Waals surface area contributed by atoms with Crippen molar-refractivity contribution in [2.75, 3.05) is 6.61 Å². The van der Waals surface area contributed by atoms with Crippen molar-refractivity contribution >= 4 is 11.8 Å². The van der Waals surface area contributed by atoms with E-state index in [1.54, 1.807) is 6.08 Å². The lowest BCUT2D eigenvalue weighted by atomic mass is 10.0. The van der Waals surface area contributed by atoms with Gasteiger partial charge in [-0.25, -0.2) is 0 Å². The number of ether oxygens (including phenoxy) is 1. The number of Topliss-reactive ketones (excluding diaryl/α,β-unsaturated/α-hetero) is 1. The summed E-state index contributed by atoms with van der Waals surface area (Å²) in [6.07, 6.45) is 3.15. The Kier molecular flexibility index (Phi) is 5.59. The topological polar surface area (TPSA) is 63.6 Å². The second kappa shape index (κ2) is 6.22. The third-order valence-electron chi connectivity index (χ3n) is 1.52. The third-order valence-corrected chi connectivity index (χ3v) is 1.52. The number of hydrogen-bond acceptors (Lipinski definition) is 3. The molecule has 1 atom stereocenters. The molecule has 0 rings (SSSR count). The number of hydrogen-bond donors (Lipinski definition) is 1. The Morgan fingerprint density at radius 1 is 1.54 bits per heavy atom. The zero-order valence-electron chi connectivity index (χ0n) is 7.82. The highest BCUT2D eigenvalue weighted by atomic mass is 16.5.